The zero-order chi connectivity index (χ0) is 14.5. The molecule has 0 heteroatoms. The fraction of sp³-hybridized carbons (Fsp3) is 0.579. The molecule has 0 fully saturated rings. The zero-order valence-electron chi connectivity index (χ0n) is 13.1. The molecular weight excluding hydrogens is 228 g/mol. The molecule has 0 aliphatic heterocycles. The van der Waals surface area contributed by atoms with Crippen LogP contribution in [-0.2, 0) is 0 Å². The second-order valence-electron chi connectivity index (χ2n) is 6.47. The van der Waals surface area contributed by atoms with Crippen LogP contribution in [-0.4, -0.2) is 0 Å². The molecule has 0 aromatic rings. The van der Waals surface area contributed by atoms with Gasteiger partial charge in [-0.1, -0.05) is 56.9 Å². The van der Waals surface area contributed by atoms with Gasteiger partial charge >= 0.3 is 0 Å². The molecule has 0 amide bonds. The molecule has 0 aromatic heterocycles. The van der Waals surface area contributed by atoms with E-state index in [1.165, 1.54) is 18.4 Å². The van der Waals surface area contributed by atoms with E-state index in [0.29, 0.717) is 11.8 Å². The maximum atomic E-state index is 4.14. The summed E-state index contributed by atoms with van der Waals surface area (Å²) in [5, 5.41) is 0. The third-order valence-corrected chi connectivity index (χ3v) is 4.27. The van der Waals surface area contributed by atoms with E-state index < -0.39 is 0 Å². The van der Waals surface area contributed by atoms with Crippen molar-refractivity contribution in [2.24, 2.45) is 17.3 Å². The molecule has 104 valence electrons. The van der Waals surface area contributed by atoms with E-state index in [4.69, 9.17) is 0 Å². The number of allylic oxidation sites excluding steroid dienone is 4. The molecule has 0 nitrogen and oxygen atoms in total. The van der Waals surface area contributed by atoms with Crippen molar-refractivity contribution in [3.05, 3.63) is 36.5 Å². The number of hydrogen-bond acceptors (Lipinski definition) is 0. The van der Waals surface area contributed by atoms with Crippen molar-refractivity contribution in [1.82, 2.24) is 0 Å². The summed E-state index contributed by atoms with van der Waals surface area (Å²) in [5.74, 6) is 7.64. The smallest absolute Gasteiger partial charge is 0.0464 e. The Morgan fingerprint density at radius 3 is 2.84 bits per heavy atom. The summed E-state index contributed by atoms with van der Waals surface area (Å²) in [6, 6.07) is 0. The van der Waals surface area contributed by atoms with Gasteiger partial charge in [0.15, 0.2) is 0 Å². The molecule has 19 heavy (non-hydrogen) atoms. The topological polar surface area (TPSA) is 0 Å². The largest absolute Gasteiger partial charge is 0.103 e. The highest BCUT2D eigenvalue weighted by molar-refractivity contribution is 5.33. The minimum Gasteiger partial charge on any atom is -0.103 e. The predicted molar refractivity (Wildman–Crippen MR) is 85.8 cm³/mol. The molecule has 0 radical (unpaired) electrons. The lowest BCUT2D eigenvalue weighted by atomic mass is 9.69. The van der Waals surface area contributed by atoms with E-state index in [1.807, 2.05) is 6.08 Å². The number of hydrogen-bond donors (Lipinski definition) is 0. The third kappa shape index (κ3) is 4.43. The Morgan fingerprint density at radius 2 is 2.26 bits per heavy atom. The lowest BCUT2D eigenvalue weighted by Gasteiger charge is -2.35. The van der Waals surface area contributed by atoms with Crippen LogP contribution in [0.2, 0.25) is 0 Å². The van der Waals surface area contributed by atoms with Crippen molar-refractivity contribution in [1.29, 1.82) is 0 Å². The maximum absolute atomic E-state index is 4.14. The standard InChI is InChI=1S/C19H28/c1-7-8-10-15(2)16(3)12-13-18-17(4)11-9-14-19(18,5)6/h7,11,15,18H,1,3,8-10,14H2,2,4-6H3. The summed E-state index contributed by atoms with van der Waals surface area (Å²) >= 11 is 0. The van der Waals surface area contributed by atoms with E-state index in [2.05, 4.69) is 58.8 Å². The van der Waals surface area contributed by atoms with Gasteiger partial charge in [0.2, 0.25) is 0 Å². The molecule has 0 saturated heterocycles. The molecule has 1 rings (SSSR count). The van der Waals surface area contributed by atoms with Crippen LogP contribution in [0.1, 0.15) is 53.4 Å². The minimum atomic E-state index is 0.288. The number of rotatable bonds is 4. The lowest BCUT2D eigenvalue weighted by molar-refractivity contribution is 0.263. The van der Waals surface area contributed by atoms with Gasteiger partial charge < -0.3 is 0 Å². The Kier molecular flexibility index (Phi) is 5.67. The second-order valence-corrected chi connectivity index (χ2v) is 6.47. The molecule has 0 bridgehead atoms. The van der Waals surface area contributed by atoms with Gasteiger partial charge in [-0.2, -0.15) is 0 Å². The van der Waals surface area contributed by atoms with E-state index in [9.17, 15) is 0 Å². The van der Waals surface area contributed by atoms with Gasteiger partial charge in [-0.25, -0.2) is 0 Å². The van der Waals surface area contributed by atoms with E-state index in [1.54, 1.807) is 0 Å². The van der Waals surface area contributed by atoms with Crippen LogP contribution in [0, 0.1) is 29.1 Å². The molecule has 0 aromatic carbocycles. The molecule has 0 spiro atoms. The first-order chi connectivity index (χ1) is 8.88. The summed E-state index contributed by atoms with van der Waals surface area (Å²) in [5.41, 5.74) is 2.78. The lowest BCUT2D eigenvalue weighted by Crippen LogP contribution is -2.26. The fourth-order valence-corrected chi connectivity index (χ4v) is 2.69. The Labute approximate surface area is 119 Å². The first-order valence-corrected chi connectivity index (χ1v) is 7.36. The average Bonchev–Trinajstić information content (AvgIpc) is 2.34. The van der Waals surface area contributed by atoms with E-state index in [-0.39, 0.29) is 5.41 Å². The average molecular weight is 256 g/mol. The van der Waals surface area contributed by atoms with E-state index in [0.717, 1.165) is 18.4 Å². The zero-order valence-corrected chi connectivity index (χ0v) is 13.1. The van der Waals surface area contributed by atoms with Gasteiger partial charge in [-0.05, 0) is 49.5 Å². The maximum Gasteiger partial charge on any atom is 0.0464 e. The fourth-order valence-electron chi connectivity index (χ4n) is 2.69. The summed E-state index contributed by atoms with van der Waals surface area (Å²) in [4.78, 5) is 0. The summed E-state index contributed by atoms with van der Waals surface area (Å²) < 4.78 is 0. The summed E-state index contributed by atoms with van der Waals surface area (Å²) in [6.07, 6.45) is 8.86. The van der Waals surface area contributed by atoms with Crippen molar-refractivity contribution in [2.45, 2.75) is 53.4 Å². The van der Waals surface area contributed by atoms with Gasteiger partial charge in [0.1, 0.15) is 0 Å². The first kappa shape index (κ1) is 15.8. The summed E-state index contributed by atoms with van der Waals surface area (Å²) in [6.45, 7) is 17.0. The Morgan fingerprint density at radius 1 is 1.58 bits per heavy atom. The Balaban J connectivity index is 2.75. The molecule has 0 saturated carbocycles. The highest BCUT2D eigenvalue weighted by atomic mass is 14.3. The van der Waals surface area contributed by atoms with Gasteiger partial charge in [-0.15, -0.1) is 6.58 Å². The van der Waals surface area contributed by atoms with Crippen LogP contribution in [0.3, 0.4) is 0 Å². The monoisotopic (exact) mass is 256 g/mol. The first-order valence-electron chi connectivity index (χ1n) is 7.36. The Bertz CT molecular complexity index is 423. The predicted octanol–water partition coefficient (Wildman–Crippen LogP) is 5.53. The molecule has 1 aliphatic carbocycles. The highest BCUT2D eigenvalue weighted by Gasteiger charge is 2.31. The van der Waals surface area contributed by atoms with Crippen LogP contribution >= 0.6 is 0 Å². The van der Waals surface area contributed by atoms with Gasteiger partial charge in [0.05, 0.1) is 0 Å². The van der Waals surface area contributed by atoms with Crippen molar-refractivity contribution in [3.8, 4) is 11.8 Å². The SMILES string of the molecule is C=CCCC(C)C(=C)C#CC1C(C)=CCCC1(C)C. The van der Waals surface area contributed by atoms with Crippen LogP contribution in [0.25, 0.3) is 0 Å². The van der Waals surface area contributed by atoms with Crippen molar-refractivity contribution < 1.29 is 0 Å². The van der Waals surface area contributed by atoms with Crippen molar-refractivity contribution in [2.75, 3.05) is 0 Å². The quantitative estimate of drug-likeness (QED) is 0.458. The molecule has 0 heterocycles. The van der Waals surface area contributed by atoms with E-state index >= 15 is 0 Å². The van der Waals surface area contributed by atoms with Gasteiger partial charge in [0.25, 0.3) is 0 Å². The molecule has 2 unspecified atom stereocenters. The Hall–Kier alpha value is -1.22. The molecular formula is C19H28. The molecule has 2 atom stereocenters. The van der Waals surface area contributed by atoms with Crippen LogP contribution in [0.15, 0.2) is 36.5 Å². The van der Waals surface area contributed by atoms with Crippen LogP contribution in [0.4, 0.5) is 0 Å². The third-order valence-electron chi connectivity index (χ3n) is 4.27. The van der Waals surface area contributed by atoms with Crippen molar-refractivity contribution in [3.63, 3.8) is 0 Å². The van der Waals surface area contributed by atoms with Crippen LogP contribution in [0.5, 0.6) is 0 Å². The van der Waals surface area contributed by atoms with Crippen LogP contribution < -0.4 is 0 Å². The normalized spacial score (nSPS) is 22.7. The van der Waals surface area contributed by atoms with Crippen molar-refractivity contribution >= 4 is 0 Å². The van der Waals surface area contributed by atoms with Gasteiger partial charge in [0, 0.05) is 5.92 Å². The molecule has 1 aliphatic rings. The summed E-state index contributed by atoms with van der Waals surface area (Å²) in [7, 11) is 0. The minimum absolute atomic E-state index is 0.288. The molecule has 0 N–H and O–H groups in total. The highest BCUT2D eigenvalue weighted by Crippen LogP contribution is 2.40. The van der Waals surface area contributed by atoms with Gasteiger partial charge in [-0.3, -0.25) is 0 Å². The second kappa shape index (κ2) is 6.80.